The summed E-state index contributed by atoms with van der Waals surface area (Å²) in [5.74, 6) is 1.85. The zero-order valence-electron chi connectivity index (χ0n) is 11.2. The standard InChI is InChI=1S/C16H16Cl2O2/c1-2-19-16-9-12(10-17)7-8-15(16)20-11-13-5-3-4-6-14(13)18/h3-9H,2,10-11H2,1H3. The minimum absolute atomic E-state index is 0.403. The van der Waals surface area contributed by atoms with Crippen LogP contribution < -0.4 is 9.47 Å². The van der Waals surface area contributed by atoms with Crippen molar-refractivity contribution >= 4 is 23.2 Å². The van der Waals surface area contributed by atoms with Crippen LogP contribution in [-0.2, 0) is 12.5 Å². The van der Waals surface area contributed by atoms with Crippen LogP contribution in [0, 0.1) is 0 Å². The lowest BCUT2D eigenvalue weighted by Gasteiger charge is -2.13. The lowest BCUT2D eigenvalue weighted by molar-refractivity contribution is 0.269. The fraction of sp³-hybridized carbons (Fsp3) is 0.250. The molecule has 0 aliphatic carbocycles. The van der Waals surface area contributed by atoms with E-state index >= 15 is 0 Å². The average molecular weight is 311 g/mol. The molecule has 0 unspecified atom stereocenters. The summed E-state index contributed by atoms with van der Waals surface area (Å²) < 4.78 is 11.4. The van der Waals surface area contributed by atoms with Gasteiger partial charge in [-0.05, 0) is 30.7 Å². The molecule has 2 rings (SSSR count). The first kappa shape index (κ1) is 15.0. The maximum absolute atomic E-state index is 6.11. The van der Waals surface area contributed by atoms with Gasteiger partial charge in [0.2, 0.25) is 0 Å². The van der Waals surface area contributed by atoms with Gasteiger partial charge in [-0.2, -0.15) is 0 Å². The van der Waals surface area contributed by atoms with E-state index < -0.39 is 0 Å². The fourth-order valence-corrected chi connectivity index (χ4v) is 2.15. The maximum atomic E-state index is 6.11. The van der Waals surface area contributed by atoms with Gasteiger partial charge in [-0.3, -0.25) is 0 Å². The quantitative estimate of drug-likeness (QED) is 0.695. The van der Waals surface area contributed by atoms with Gasteiger partial charge in [0.25, 0.3) is 0 Å². The highest BCUT2D eigenvalue weighted by Crippen LogP contribution is 2.30. The first-order valence-electron chi connectivity index (χ1n) is 6.42. The van der Waals surface area contributed by atoms with E-state index in [2.05, 4.69) is 0 Å². The van der Waals surface area contributed by atoms with E-state index in [1.165, 1.54) is 0 Å². The highest BCUT2D eigenvalue weighted by Gasteiger charge is 2.07. The summed E-state index contributed by atoms with van der Waals surface area (Å²) in [6.07, 6.45) is 0. The van der Waals surface area contributed by atoms with Crippen molar-refractivity contribution in [2.75, 3.05) is 6.61 Å². The summed E-state index contributed by atoms with van der Waals surface area (Å²) in [7, 11) is 0. The first-order valence-corrected chi connectivity index (χ1v) is 7.33. The normalized spacial score (nSPS) is 10.3. The molecule has 20 heavy (non-hydrogen) atoms. The number of hydrogen-bond acceptors (Lipinski definition) is 2. The van der Waals surface area contributed by atoms with Crippen molar-refractivity contribution in [1.82, 2.24) is 0 Å². The first-order chi connectivity index (χ1) is 9.74. The third-order valence-electron chi connectivity index (χ3n) is 2.80. The van der Waals surface area contributed by atoms with E-state index in [-0.39, 0.29) is 0 Å². The Kier molecular flexibility index (Phi) is 5.57. The molecule has 0 aromatic heterocycles. The molecule has 106 valence electrons. The lowest BCUT2D eigenvalue weighted by Crippen LogP contribution is -2.00. The van der Waals surface area contributed by atoms with Gasteiger partial charge in [0.15, 0.2) is 11.5 Å². The van der Waals surface area contributed by atoms with Crippen LogP contribution in [0.3, 0.4) is 0 Å². The van der Waals surface area contributed by atoms with Gasteiger partial charge in [-0.15, -0.1) is 11.6 Å². The molecular formula is C16H16Cl2O2. The van der Waals surface area contributed by atoms with E-state index in [1.54, 1.807) is 0 Å². The molecule has 0 bridgehead atoms. The minimum atomic E-state index is 0.403. The Morgan fingerprint density at radius 1 is 1.00 bits per heavy atom. The third kappa shape index (κ3) is 3.81. The molecule has 2 aromatic rings. The number of alkyl halides is 1. The van der Waals surface area contributed by atoms with Crippen molar-refractivity contribution in [3.05, 3.63) is 58.6 Å². The van der Waals surface area contributed by atoms with E-state index in [0.29, 0.717) is 35.6 Å². The van der Waals surface area contributed by atoms with Gasteiger partial charge in [0.05, 0.1) is 6.61 Å². The molecule has 0 heterocycles. The summed E-state index contributed by atoms with van der Waals surface area (Å²) in [6, 6.07) is 13.3. The van der Waals surface area contributed by atoms with Gasteiger partial charge >= 0.3 is 0 Å². The van der Waals surface area contributed by atoms with Gasteiger partial charge in [0.1, 0.15) is 6.61 Å². The minimum Gasteiger partial charge on any atom is -0.490 e. The highest BCUT2D eigenvalue weighted by molar-refractivity contribution is 6.31. The number of ether oxygens (including phenoxy) is 2. The molecule has 0 spiro atoms. The molecule has 0 fully saturated rings. The van der Waals surface area contributed by atoms with Crippen LogP contribution in [0.1, 0.15) is 18.1 Å². The van der Waals surface area contributed by atoms with Crippen molar-refractivity contribution in [1.29, 1.82) is 0 Å². The zero-order chi connectivity index (χ0) is 14.4. The van der Waals surface area contributed by atoms with Crippen LogP contribution in [0.4, 0.5) is 0 Å². The van der Waals surface area contributed by atoms with E-state index in [4.69, 9.17) is 32.7 Å². The van der Waals surface area contributed by atoms with Crippen LogP contribution in [-0.4, -0.2) is 6.61 Å². The summed E-state index contributed by atoms with van der Waals surface area (Å²) in [5, 5.41) is 0.697. The molecule has 0 aliphatic rings. The van der Waals surface area contributed by atoms with Crippen molar-refractivity contribution in [2.45, 2.75) is 19.4 Å². The second-order valence-corrected chi connectivity index (χ2v) is 4.90. The summed E-state index contributed by atoms with van der Waals surface area (Å²) in [5.41, 5.74) is 1.94. The predicted molar refractivity (Wildman–Crippen MR) is 83.0 cm³/mol. The second-order valence-electron chi connectivity index (χ2n) is 4.23. The van der Waals surface area contributed by atoms with Crippen molar-refractivity contribution in [3.8, 4) is 11.5 Å². The molecule has 2 nitrogen and oxygen atoms in total. The SMILES string of the molecule is CCOc1cc(CCl)ccc1OCc1ccccc1Cl. The lowest BCUT2D eigenvalue weighted by atomic mass is 10.2. The molecule has 2 aromatic carbocycles. The Labute approximate surface area is 129 Å². The Balaban J connectivity index is 2.14. The Hall–Kier alpha value is -1.38. The largest absolute Gasteiger partial charge is 0.490 e. The van der Waals surface area contributed by atoms with Gasteiger partial charge in [-0.1, -0.05) is 35.9 Å². The van der Waals surface area contributed by atoms with E-state index in [1.807, 2.05) is 49.4 Å². The van der Waals surface area contributed by atoms with Crippen LogP contribution in [0.5, 0.6) is 11.5 Å². The molecule has 0 saturated heterocycles. The Morgan fingerprint density at radius 2 is 1.80 bits per heavy atom. The molecule has 0 aliphatic heterocycles. The Morgan fingerprint density at radius 3 is 2.50 bits per heavy atom. The molecule has 0 atom stereocenters. The van der Waals surface area contributed by atoms with Crippen molar-refractivity contribution in [3.63, 3.8) is 0 Å². The molecule has 4 heteroatoms. The second kappa shape index (κ2) is 7.41. The van der Waals surface area contributed by atoms with Crippen molar-refractivity contribution in [2.24, 2.45) is 0 Å². The average Bonchev–Trinajstić information content (AvgIpc) is 2.47. The van der Waals surface area contributed by atoms with Crippen LogP contribution in [0.15, 0.2) is 42.5 Å². The van der Waals surface area contributed by atoms with Crippen molar-refractivity contribution < 1.29 is 9.47 Å². The van der Waals surface area contributed by atoms with Gasteiger partial charge in [-0.25, -0.2) is 0 Å². The van der Waals surface area contributed by atoms with Crippen LogP contribution >= 0.6 is 23.2 Å². The maximum Gasteiger partial charge on any atom is 0.161 e. The molecular weight excluding hydrogens is 295 g/mol. The van der Waals surface area contributed by atoms with Crippen LogP contribution in [0.25, 0.3) is 0 Å². The zero-order valence-corrected chi connectivity index (χ0v) is 12.7. The molecule has 0 amide bonds. The summed E-state index contributed by atoms with van der Waals surface area (Å²) in [4.78, 5) is 0. The van der Waals surface area contributed by atoms with E-state index in [9.17, 15) is 0 Å². The monoisotopic (exact) mass is 310 g/mol. The van der Waals surface area contributed by atoms with Gasteiger partial charge < -0.3 is 9.47 Å². The number of hydrogen-bond donors (Lipinski definition) is 0. The molecule has 0 N–H and O–H groups in total. The molecule has 0 radical (unpaired) electrons. The smallest absolute Gasteiger partial charge is 0.161 e. The predicted octanol–water partition coefficient (Wildman–Crippen LogP) is 5.06. The van der Waals surface area contributed by atoms with Gasteiger partial charge in [0, 0.05) is 16.5 Å². The third-order valence-corrected chi connectivity index (χ3v) is 3.48. The number of rotatable bonds is 6. The molecule has 0 saturated carbocycles. The number of benzene rings is 2. The van der Waals surface area contributed by atoms with E-state index in [0.717, 1.165) is 11.1 Å². The highest BCUT2D eigenvalue weighted by atomic mass is 35.5. The summed E-state index contributed by atoms with van der Waals surface area (Å²) in [6.45, 7) is 2.92. The topological polar surface area (TPSA) is 18.5 Å². The fourth-order valence-electron chi connectivity index (χ4n) is 1.79. The number of halogens is 2. The van der Waals surface area contributed by atoms with Crippen LogP contribution in [0.2, 0.25) is 5.02 Å². The Bertz CT molecular complexity index is 570. The summed E-state index contributed by atoms with van der Waals surface area (Å²) >= 11 is 11.9.